The maximum Gasteiger partial charge on any atom is 0.0596 e. The molecule has 3 heteroatoms. The van der Waals surface area contributed by atoms with Crippen LogP contribution < -0.4 is 5.32 Å². The van der Waals surface area contributed by atoms with Crippen molar-refractivity contribution in [2.24, 2.45) is 13.0 Å². The summed E-state index contributed by atoms with van der Waals surface area (Å²) < 4.78 is 2.03. The maximum atomic E-state index is 4.38. The molecule has 0 atom stereocenters. The molecule has 1 N–H and O–H groups in total. The molecular formula is C11H19N3. The van der Waals surface area contributed by atoms with Crippen molar-refractivity contribution in [3.63, 3.8) is 0 Å². The number of nitrogens with zero attached hydrogens (tertiary/aromatic N) is 2. The first-order valence-electron chi connectivity index (χ1n) is 5.46. The van der Waals surface area contributed by atoms with Gasteiger partial charge in [0.25, 0.3) is 0 Å². The summed E-state index contributed by atoms with van der Waals surface area (Å²) in [4.78, 5) is 0. The van der Waals surface area contributed by atoms with Crippen LogP contribution in [0.5, 0.6) is 0 Å². The zero-order chi connectivity index (χ0) is 9.97. The first-order chi connectivity index (χ1) is 6.75. The van der Waals surface area contributed by atoms with E-state index in [-0.39, 0.29) is 0 Å². The van der Waals surface area contributed by atoms with Gasteiger partial charge in [-0.1, -0.05) is 0 Å². The van der Waals surface area contributed by atoms with E-state index in [0.29, 0.717) is 0 Å². The van der Waals surface area contributed by atoms with Gasteiger partial charge in [-0.15, -0.1) is 0 Å². The summed E-state index contributed by atoms with van der Waals surface area (Å²) in [6, 6.07) is 2.21. The Labute approximate surface area is 85.5 Å². The molecule has 2 heterocycles. The lowest BCUT2D eigenvalue weighted by Crippen LogP contribution is -2.29. The third kappa shape index (κ3) is 2.15. The minimum absolute atomic E-state index is 0.853. The van der Waals surface area contributed by atoms with Crippen molar-refractivity contribution >= 4 is 0 Å². The van der Waals surface area contributed by atoms with Gasteiger partial charge < -0.3 is 5.32 Å². The van der Waals surface area contributed by atoms with Crippen molar-refractivity contribution in [1.82, 2.24) is 15.1 Å². The van der Waals surface area contributed by atoms with Crippen LogP contribution in [0.25, 0.3) is 0 Å². The maximum absolute atomic E-state index is 4.38. The Hall–Kier alpha value is -0.830. The first kappa shape index (κ1) is 9.71. The summed E-state index contributed by atoms with van der Waals surface area (Å²) >= 11 is 0. The number of rotatable bonds is 2. The van der Waals surface area contributed by atoms with E-state index in [1.54, 1.807) is 0 Å². The molecule has 2 rings (SSSR count). The summed E-state index contributed by atoms with van der Waals surface area (Å²) in [5, 5.41) is 7.78. The van der Waals surface area contributed by atoms with Crippen LogP contribution >= 0.6 is 0 Å². The van der Waals surface area contributed by atoms with Crippen LogP contribution in [0.2, 0.25) is 0 Å². The molecule has 14 heavy (non-hydrogen) atoms. The van der Waals surface area contributed by atoms with Crippen LogP contribution in [-0.4, -0.2) is 22.9 Å². The molecule has 0 saturated carbocycles. The second kappa shape index (κ2) is 4.13. The highest BCUT2D eigenvalue weighted by Gasteiger charge is 2.15. The lowest BCUT2D eigenvalue weighted by Gasteiger charge is -2.22. The SMILES string of the molecule is Cc1cc(CC2CCNCC2)n(C)n1. The minimum Gasteiger partial charge on any atom is -0.317 e. The monoisotopic (exact) mass is 193 g/mol. The van der Waals surface area contributed by atoms with Gasteiger partial charge in [-0.05, 0) is 51.3 Å². The van der Waals surface area contributed by atoms with Crippen molar-refractivity contribution in [3.05, 3.63) is 17.5 Å². The molecule has 1 aliphatic rings. The number of aryl methyl sites for hydroxylation is 2. The highest BCUT2D eigenvalue weighted by Crippen LogP contribution is 2.17. The summed E-state index contributed by atoms with van der Waals surface area (Å²) in [5.74, 6) is 0.853. The molecule has 0 aromatic carbocycles. The zero-order valence-electron chi connectivity index (χ0n) is 9.08. The average molecular weight is 193 g/mol. The molecule has 0 unspecified atom stereocenters. The van der Waals surface area contributed by atoms with Gasteiger partial charge in [0.2, 0.25) is 0 Å². The Balaban J connectivity index is 1.98. The zero-order valence-corrected chi connectivity index (χ0v) is 9.08. The number of piperidine rings is 1. The average Bonchev–Trinajstić information content (AvgIpc) is 2.47. The van der Waals surface area contributed by atoms with Crippen molar-refractivity contribution in [1.29, 1.82) is 0 Å². The van der Waals surface area contributed by atoms with Crippen LogP contribution in [0.3, 0.4) is 0 Å². The van der Waals surface area contributed by atoms with E-state index in [1.165, 1.54) is 38.0 Å². The summed E-state index contributed by atoms with van der Waals surface area (Å²) in [6.07, 6.45) is 3.81. The second-order valence-corrected chi connectivity index (χ2v) is 4.30. The molecule has 1 saturated heterocycles. The molecule has 1 aliphatic heterocycles. The molecule has 1 aromatic rings. The molecule has 1 fully saturated rings. The van der Waals surface area contributed by atoms with Gasteiger partial charge in [0, 0.05) is 12.7 Å². The van der Waals surface area contributed by atoms with Crippen LogP contribution in [0, 0.1) is 12.8 Å². The third-order valence-electron chi connectivity index (χ3n) is 3.06. The highest BCUT2D eigenvalue weighted by molar-refractivity contribution is 5.09. The van der Waals surface area contributed by atoms with E-state index in [1.807, 2.05) is 11.7 Å². The fraction of sp³-hybridized carbons (Fsp3) is 0.727. The quantitative estimate of drug-likeness (QED) is 0.766. The predicted molar refractivity (Wildman–Crippen MR) is 57.2 cm³/mol. The smallest absolute Gasteiger partial charge is 0.0596 e. The van der Waals surface area contributed by atoms with E-state index in [4.69, 9.17) is 0 Å². The van der Waals surface area contributed by atoms with Crippen molar-refractivity contribution in [2.75, 3.05) is 13.1 Å². The molecule has 0 radical (unpaired) electrons. The lowest BCUT2D eigenvalue weighted by molar-refractivity contribution is 0.366. The molecule has 0 bridgehead atoms. The summed E-state index contributed by atoms with van der Waals surface area (Å²) in [6.45, 7) is 4.43. The topological polar surface area (TPSA) is 29.9 Å². The number of hydrogen-bond acceptors (Lipinski definition) is 2. The number of nitrogens with one attached hydrogen (secondary N) is 1. The minimum atomic E-state index is 0.853. The van der Waals surface area contributed by atoms with Crippen molar-refractivity contribution in [2.45, 2.75) is 26.2 Å². The molecule has 78 valence electrons. The first-order valence-corrected chi connectivity index (χ1v) is 5.46. The Morgan fingerprint density at radius 3 is 2.79 bits per heavy atom. The van der Waals surface area contributed by atoms with Gasteiger partial charge in [-0.2, -0.15) is 5.10 Å². The van der Waals surface area contributed by atoms with Gasteiger partial charge in [0.05, 0.1) is 5.69 Å². The molecule has 0 spiro atoms. The van der Waals surface area contributed by atoms with Crippen LogP contribution in [0.1, 0.15) is 24.2 Å². The van der Waals surface area contributed by atoms with Crippen LogP contribution in [-0.2, 0) is 13.5 Å². The number of hydrogen-bond donors (Lipinski definition) is 1. The van der Waals surface area contributed by atoms with Gasteiger partial charge in [-0.25, -0.2) is 0 Å². The van der Waals surface area contributed by atoms with Crippen molar-refractivity contribution < 1.29 is 0 Å². The van der Waals surface area contributed by atoms with E-state index in [9.17, 15) is 0 Å². The van der Waals surface area contributed by atoms with Crippen LogP contribution in [0.4, 0.5) is 0 Å². The highest BCUT2D eigenvalue weighted by atomic mass is 15.3. The van der Waals surface area contributed by atoms with Gasteiger partial charge >= 0.3 is 0 Å². The normalized spacial score (nSPS) is 18.7. The molecule has 0 amide bonds. The third-order valence-corrected chi connectivity index (χ3v) is 3.06. The number of aromatic nitrogens is 2. The summed E-state index contributed by atoms with van der Waals surface area (Å²) in [7, 11) is 2.05. The Bertz CT molecular complexity index is 297. The van der Waals surface area contributed by atoms with Crippen molar-refractivity contribution in [3.8, 4) is 0 Å². The van der Waals surface area contributed by atoms with Gasteiger partial charge in [0.1, 0.15) is 0 Å². The molecular weight excluding hydrogens is 174 g/mol. The van der Waals surface area contributed by atoms with E-state index in [2.05, 4.69) is 23.4 Å². The Morgan fingerprint density at radius 1 is 1.50 bits per heavy atom. The molecule has 3 nitrogen and oxygen atoms in total. The Kier molecular flexibility index (Phi) is 2.87. The summed E-state index contributed by atoms with van der Waals surface area (Å²) in [5.41, 5.74) is 2.52. The van der Waals surface area contributed by atoms with E-state index >= 15 is 0 Å². The fourth-order valence-corrected chi connectivity index (χ4v) is 2.24. The lowest BCUT2D eigenvalue weighted by atomic mass is 9.93. The van der Waals surface area contributed by atoms with E-state index < -0.39 is 0 Å². The Morgan fingerprint density at radius 2 is 2.21 bits per heavy atom. The van der Waals surface area contributed by atoms with Gasteiger partial charge in [0.15, 0.2) is 0 Å². The fourth-order valence-electron chi connectivity index (χ4n) is 2.24. The van der Waals surface area contributed by atoms with Crippen LogP contribution in [0.15, 0.2) is 6.07 Å². The predicted octanol–water partition coefficient (Wildman–Crippen LogP) is 1.27. The molecule has 1 aromatic heterocycles. The largest absolute Gasteiger partial charge is 0.317 e. The standard InChI is InChI=1S/C11H19N3/c1-9-7-11(14(2)13-9)8-10-3-5-12-6-4-10/h7,10,12H,3-6,8H2,1-2H3. The second-order valence-electron chi connectivity index (χ2n) is 4.30. The molecule has 0 aliphatic carbocycles. The van der Waals surface area contributed by atoms with E-state index in [0.717, 1.165) is 11.6 Å². The van der Waals surface area contributed by atoms with Gasteiger partial charge in [-0.3, -0.25) is 4.68 Å².